The lowest BCUT2D eigenvalue weighted by molar-refractivity contribution is 2.46. The molecular weight excluding hydrogens is 83.8 g/mol. The Morgan fingerprint density at radius 1 is 1.25 bits per heavy atom. The highest BCUT2D eigenvalue weighted by Gasteiger charge is 0.943. The molecule has 0 aromatic heterocycles. The fourth-order valence-electron chi connectivity index (χ4n) is 0. The van der Waals surface area contributed by atoms with Crippen molar-refractivity contribution in [2.45, 2.75) is 0 Å². The highest BCUT2D eigenvalue weighted by atomic mass is 35.5. The third kappa shape index (κ3) is 11.6. The number of hydrogen-bond donors (Lipinski definition) is 0. The molecule has 0 nitrogen and oxygen atoms in total. The summed E-state index contributed by atoms with van der Waals surface area (Å²) in [4.78, 5) is 0. The molecule has 0 N–H and O–H groups in total. The second kappa shape index (κ2) is 34.0. The lowest BCUT2D eigenvalue weighted by Gasteiger charge is -1.06. The normalized spacial score (nSPS) is 1.50. The van der Waals surface area contributed by atoms with E-state index in [1.54, 1.807) is 0 Å². The predicted octanol–water partition coefficient (Wildman–Crippen LogP) is 0.389. The molecule has 0 aliphatic heterocycles. The second-order valence-electron chi connectivity index (χ2n) is 0. The molecule has 0 amide bonds. The van der Waals surface area contributed by atoms with Crippen LogP contribution in [0.3, 0.4) is 0 Å². The SMILES string of the molecule is CCl.[CH3].[MgH2]. The topological polar surface area (TPSA) is 0 Å². The minimum absolute atomic E-state index is 0. The number of hydrogen-bond acceptors (Lipinski definition) is 0. The van der Waals surface area contributed by atoms with Crippen LogP contribution in [0.5, 0.6) is 0 Å². The molecule has 2 heteroatoms. The first-order valence-corrected chi connectivity index (χ1v) is 1.13. The van der Waals surface area contributed by atoms with E-state index in [-0.39, 0.29) is 30.5 Å². The van der Waals surface area contributed by atoms with Crippen molar-refractivity contribution in [3.63, 3.8) is 0 Å². The van der Waals surface area contributed by atoms with E-state index >= 15 is 0 Å². The summed E-state index contributed by atoms with van der Waals surface area (Å²) in [5.41, 5.74) is 0. The lowest BCUT2D eigenvalue weighted by Crippen LogP contribution is -0.852. The van der Waals surface area contributed by atoms with Gasteiger partial charge >= 0.3 is 23.1 Å². The summed E-state index contributed by atoms with van der Waals surface area (Å²) in [6.07, 6.45) is 1.47. The van der Waals surface area contributed by atoms with E-state index in [9.17, 15) is 0 Å². The molecule has 0 atom stereocenters. The smallest absolute Gasteiger partial charge is 0.130 e. The van der Waals surface area contributed by atoms with Crippen molar-refractivity contribution >= 4 is 34.7 Å². The van der Waals surface area contributed by atoms with Crippen molar-refractivity contribution in [1.82, 2.24) is 0 Å². The molecule has 0 aliphatic carbocycles. The van der Waals surface area contributed by atoms with Crippen molar-refractivity contribution in [1.29, 1.82) is 0 Å². The van der Waals surface area contributed by atoms with Gasteiger partial charge in [0.25, 0.3) is 0 Å². The van der Waals surface area contributed by atoms with Crippen molar-refractivity contribution < 1.29 is 0 Å². The molecule has 0 bridgehead atoms. The number of rotatable bonds is 0. The quantitative estimate of drug-likeness (QED) is 0.299. The van der Waals surface area contributed by atoms with Crippen LogP contribution in [0.2, 0.25) is 0 Å². The molecule has 0 saturated carbocycles. The van der Waals surface area contributed by atoms with E-state index in [0.717, 1.165) is 0 Å². The largest absolute Gasteiger partial charge is 0.316 e. The fourth-order valence-corrected chi connectivity index (χ4v) is 0. The standard InChI is InChI=1S/CH3Cl.CH3.Mg.2H/c1-2;;;;/h1H3;1H3;;;. The van der Waals surface area contributed by atoms with Crippen LogP contribution in [0.1, 0.15) is 0 Å². The Morgan fingerprint density at radius 3 is 1.25 bits per heavy atom. The van der Waals surface area contributed by atoms with Gasteiger partial charge in [0.15, 0.2) is 0 Å². The van der Waals surface area contributed by atoms with E-state index in [1.165, 1.54) is 6.38 Å². The molecule has 0 aliphatic rings. The first kappa shape index (κ1) is 19.7. The fraction of sp³-hybridized carbons (Fsp3) is 0.500. The van der Waals surface area contributed by atoms with Gasteiger partial charge in [0.2, 0.25) is 0 Å². The zero-order chi connectivity index (χ0) is 2.00. The highest BCUT2D eigenvalue weighted by Crippen LogP contribution is 1.34. The molecule has 0 aromatic rings. The first-order chi connectivity index (χ1) is 1.00. The van der Waals surface area contributed by atoms with Crippen LogP contribution in [-0.2, 0) is 0 Å². The highest BCUT2D eigenvalue weighted by molar-refractivity contribution is 6.15. The van der Waals surface area contributed by atoms with E-state index < -0.39 is 0 Å². The van der Waals surface area contributed by atoms with Crippen LogP contribution < -0.4 is 0 Å². The van der Waals surface area contributed by atoms with Gasteiger partial charge in [0.05, 0.1) is 0 Å². The van der Waals surface area contributed by atoms with Gasteiger partial charge in [0, 0.05) is 6.38 Å². The van der Waals surface area contributed by atoms with Crippen LogP contribution in [0.4, 0.5) is 0 Å². The number of halogens is 1. The Morgan fingerprint density at radius 2 is 1.25 bits per heavy atom. The molecule has 0 spiro atoms. The summed E-state index contributed by atoms with van der Waals surface area (Å²) >= 11 is 4.64. The molecule has 0 fully saturated rings. The average Bonchev–Trinajstić information content (AvgIpc) is 1.00. The van der Waals surface area contributed by atoms with Gasteiger partial charge in [0.1, 0.15) is 0 Å². The van der Waals surface area contributed by atoms with Gasteiger partial charge < -0.3 is 0 Å². The van der Waals surface area contributed by atoms with E-state index in [0.29, 0.717) is 0 Å². The van der Waals surface area contributed by atoms with E-state index in [2.05, 4.69) is 11.6 Å². The maximum absolute atomic E-state index is 4.64. The first-order valence-electron chi connectivity index (χ1n) is 0.378. The molecular formula is C2H8ClMg. The van der Waals surface area contributed by atoms with Gasteiger partial charge in [-0.2, -0.15) is 0 Å². The molecule has 0 rings (SSSR count). The van der Waals surface area contributed by atoms with Gasteiger partial charge in [-0.15, -0.1) is 11.6 Å². The summed E-state index contributed by atoms with van der Waals surface area (Å²) in [7, 11) is 0. The zero-order valence-corrected chi connectivity index (χ0v) is 3.13. The van der Waals surface area contributed by atoms with E-state index in [4.69, 9.17) is 0 Å². The van der Waals surface area contributed by atoms with Crippen LogP contribution in [-0.4, -0.2) is 29.4 Å². The van der Waals surface area contributed by atoms with Crippen LogP contribution in [0.15, 0.2) is 0 Å². The van der Waals surface area contributed by atoms with E-state index in [1.807, 2.05) is 0 Å². The van der Waals surface area contributed by atoms with Crippen molar-refractivity contribution in [2.24, 2.45) is 0 Å². The molecule has 0 aromatic carbocycles. The Balaban J connectivity index is -0.00000000500. The summed E-state index contributed by atoms with van der Waals surface area (Å²) in [5, 5.41) is 0. The zero-order valence-electron chi connectivity index (χ0n) is 2.38. The molecule has 0 saturated heterocycles. The summed E-state index contributed by atoms with van der Waals surface area (Å²) in [6, 6.07) is 0. The average molecular weight is 91.8 g/mol. The minimum Gasteiger partial charge on any atom is -0.130 e. The molecule has 0 unspecified atom stereocenters. The van der Waals surface area contributed by atoms with Crippen molar-refractivity contribution in [3.8, 4) is 0 Å². The van der Waals surface area contributed by atoms with Crippen LogP contribution in [0, 0.1) is 7.43 Å². The maximum atomic E-state index is 4.64. The Kier molecular flexibility index (Phi) is 167. The maximum Gasteiger partial charge on any atom is 0.316 e. The molecule has 4 heavy (non-hydrogen) atoms. The van der Waals surface area contributed by atoms with Gasteiger partial charge in [-0.25, -0.2) is 0 Å². The molecule has 25 valence electrons. The second-order valence-corrected chi connectivity index (χ2v) is 0. The van der Waals surface area contributed by atoms with Gasteiger partial charge in [-0.1, -0.05) is 7.43 Å². The van der Waals surface area contributed by atoms with Crippen LogP contribution in [0.25, 0.3) is 0 Å². The minimum atomic E-state index is 0. The summed E-state index contributed by atoms with van der Waals surface area (Å²) < 4.78 is 0. The molecule has 1 radical (unpaired) electrons. The Bertz CT molecular complexity index is 6.00. The third-order valence-corrected chi connectivity index (χ3v) is 0. The lowest BCUT2D eigenvalue weighted by atomic mass is 12.0. The Hall–Kier alpha value is 1.06. The summed E-state index contributed by atoms with van der Waals surface area (Å²) in [5.74, 6) is 0. The van der Waals surface area contributed by atoms with Crippen LogP contribution >= 0.6 is 11.6 Å². The Labute approximate surface area is 48.7 Å². The van der Waals surface area contributed by atoms with Crippen molar-refractivity contribution in [2.75, 3.05) is 6.38 Å². The van der Waals surface area contributed by atoms with Crippen molar-refractivity contribution in [3.05, 3.63) is 7.43 Å². The molecule has 0 heterocycles. The predicted molar refractivity (Wildman–Crippen MR) is 26.7 cm³/mol. The monoisotopic (exact) mass is 91.0 g/mol. The summed E-state index contributed by atoms with van der Waals surface area (Å²) in [6.45, 7) is 0. The third-order valence-electron chi connectivity index (χ3n) is 0. The van der Waals surface area contributed by atoms with Gasteiger partial charge in [-0.05, 0) is 0 Å². The van der Waals surface area contributed by atoms with Gasteiger partial charge in [-0.3, -0.25) is 0 Å². The number of alkyl halides is 1.